The first-order valence-corrected chi connectivity index (χ1v) is 15.4. The number of aromatic nitrogens is 1. The fourth-order valence-electron chi connectivity index (χ4n) is 6.81. The molecular weight excluding hydrogens is 556 g/mol. The Bertz CT molecular complexity index is 1450. The average Bonchev–Trinajstić information content (AvgIpc) is 3.02. The number of phenolic OH excluding ortho intramolecular Hbond substituents is 1. The number of phenols is 1. The van der Waals surface area contributed by atoms with Gasteiger partial charge in [-0.3, -0.25) is 29.3 Å². The van der Waals surface area contributed by atoms with Crippen molar-refractivity contribution < 1.29 is 19.5 Å². The van der Waals surface area contributed by atoms with E-state index in [9.17, 15) is 19.5 Å². The Labute approximate surface area is 258 Å². The number of fused-ring (bicyclic) bond motifs is 1. The monoisotopic (exact) mass is 596 g/mol. The summed E-state index contributed by atoms with van der Waals surface area (Å²) in [7, 11) is 1.79. The van der Waals surface area contributed by atoms with Crippen LogP contribution in [0.2, 0.25) is 0 Å². The van der Waals surface area contributed by atoms with Crippen LogP contribution in [0.1, 0.15) is 36.0 Å². The Hall–Kier alpha value is -4.28. The molecule has 2 atom stereocenters. The van der Waals surface area contributed by atoms with E-state index in [-0.39, 0.29) is 42.5 Å². The number of amides is 3. The normalized spacial score (nSPS) is 21.9. The Balaban J connectivity index is 1.20. The molecule has 4 heterocycles. The topological polar surface area (TPSA) is 101 Å². The van der Waals surface area contributed by atoms with E-state index in [4.69, 9.17) is 0 Å². The number of likely N-dealkylation sites (tertiary alicyclic amines) is 1. The second-order valence-corrected chi connectivity index (χ2v) is 12.2. The first kappa shape index (κ1) is 29.8. The summed E-state index contributed by atoms with van der Waals surface area (Å²) in [5.74, 6) is 0.0657. The Morgan fingerprint density at radius 3 is 2.27 bits per heavy atom. The first-order chi connectivity index (χ1) is 21.4. The number of likely N-dealkylation sites (N-methyl/N-ethyl adjacent to an activating group) is 1. The highest BCUT2D eigenvalue weighted by atomic mass is 16.3. The van der Waals surface area contributed by atoms with Crippen molar-refractivity contribution in [2.75, 3.05) is 33.2 Å². The van der Waals surface area contributed by atoms with E-state index in [1.54, 1.807) is 63.5 Å². The van der Waals surface area contributed by atoms with Crippen LogP contribution in [0.25, 0.3) is 0 Å². The molecule has 0 aliphatic carbocycles. The summed E-state index contributed by atoms with van der Waals surface area (Å²) in [6.07, 6.45) is 5.38. The van der Waals surface area contributed by atoms with Crippen LogP contribution in [0.5, 0.6) is 5.75 Å². The van der Waals surface area contributed by atoms with Crippen LogP contribution in [0.15, 0.2) is 79.1 Å². The SMILES string of the molecule is CN1CC(=O)N2C(CN(Cc3ccncc3)C(=O)[C@@H]2Cc2ccc(O)cc2)N1C(=O)CC1CCN(Cc2ccccc2)CC1. The molecule has 3 aliphatic rings. The van der Waals surface area contributed by atoms with Crippen molar-refractivity contribution in [3.05, 3.63) is 95.8 Å². The van der Waals surface area contributed by atoms with Crippen LogP contribution in [0.4, 0.5) is 0 Å². The van der Waals surface area contributed by atoms with Crippen molar-refractivity contribution in [3.8, 4) is 5.75 Å². The minimum Gasteiger partial charge on any atom is -0.508 e. The summed E-state index contributed by atoms with van der Waals surface area (Å²) in [6.45, 7) is 3.42. The van der Waals surface area contributed by atoms with Crippen molar-refractivity contribution in [3.63, 3.8) is 0 Å². The van der Waals surface area contributed by atoms with Gasteiger partial charge < -0.3 is 14.9 Å². The predicted octanol–water partition coefficient (Wildman–Crippen LogP) is 2.89. The molecule has 0 radical (unpaired) electrons. The molecule has 3 amide bonds. The van der Waals surface area contributed by atoms with Crippen molar-refractivity contribution in [2.24, 2.45) is 5.92 Å². The highest BCUT2D eigenvalue weighted by Crippen LogP contribution is 2.31. The lowest BCUT2D eigenvalue weighted by atomic mass is 9.92. The molecule has 0 saturated carbocycles. The summed E-state index contributed by atoms with van der Waals surface area (Å²) in [6, 6.07) is 20.2. The molecule has 3 saturated heterocycles. The third-order valence-corrected chi connectivity index (χ3v) is 9.10. The zero-order valence-electron chi connectivity index (χ0n) is 25.2. The lowest BCUT2D eigenvalue weighted by molar-refractivity contribution is -0.203. The van der Waals surface area contributed by atoms with Gasteiger partial charge in [-0.25, -0.2) is 5.01 Å². The molecule has 10 heteroatoms. The molecule has 3 aliphatic heterocycles. The summed E-state index contributed by atoms with van der Waals surface area (Å²) in [5.41, 5.74) is 3.06. The first-order valence-electron chi connectivity index (χ1n) is 15.4. The number of nitrogens with zero attached hydrogens (tertiary/aromatic N) is 6. The number of carbonyl (C=O) groups is 3. The fraction of sp³-hybridized carbons (Fsp3) is 0.412. The average molecular weight is 597 g/mol. The molecule has 230 valence electrons. The summed E-state index contributed by atoms with van der Waals surface area (Å²) >= 11 is 0. The molecule has 3 aromatic rings. The largest absolute Gasteiger partial charge is 0.508 e. The van der Waals surface area contributed by atoms with Gasteiger partial charge in [0.15, 0.2) is 0 Å². The van der Waals surface area contributed by atoms with E-state index < -0.39 is 12.2 Å². The van der Waals surface area contributed by atoms with E-state index in [0.29, 0.717) is 19.4 Å². The molecular formula is C34H40N6O4. The zero-order chi connectivity index (χ0) is 30.6. The number of benzene rings is 2. The molecule has 3 fully saturated rings. The minimum absolute atomic E-state index is 0.0156. The maximum absolute atomic E-state index is 14.1. The summed E-state index contributed by atoms with van der Waals surface area (Å²) in [5, 5.41) is 13.3. The number of pyridine rings is 1. The predicted molar refractivity (Wildman–Crippen MR) is 164 cm³/mol. The molecule has 0 spiro atoms. The molecule has 10 nitrogen and oxygen atoms in total. The van der Waals surface area contributed by atoms with Gasteiger partial charge in [0.2, 0.25) is 17.7 Å². The fourth-order valence-corrected chi connectivity index (χ4v) is 6.81. The molecule has 44 heavy (non-hydrogen) atoms. The quantitative estimate of drug-likeness (QED) is 0.427. The smallest absolute Gasteiger partial charge is 0.246 e. The van der Waals surface area contributed by atoms with Gasteiger partial charge in [0.25, 0.3) is 0 Å². The number of hydrazine groups is 1. The molecule has 0 bridgehead atoms. The van der Waals surface area contributed by atoms with Crippen molar-refractivity contribution in [2.45, 2.75) is 51.0 Å². The number of hydrogen-bond acceptors (Lipinski definition) is 7. The number of carbonyl (C=O) groups excluding carboxylic acids is 3. The van der Waals surface area contributed by atoms with Gasteiger partial charge in [-0.05, 0) is 72.8 Å². The maximum Gasteiger partial charge on any atom is 0.246 e. The third-order valence-electron chi connectivity index (χ3n) is 9.10. The zero-order valence-corrected chi connectivity index (χ0v) is 25.2. The third kappa shape index (κ3) is 6.61. The van der Waals surface area contributed by atoms with E-state index >= 15 is 0 Å². The lowest BCUT2D eigenvalue weighted by Crippen LogP contribution is -2.75. The van der Waals surface area contributed by atoms with Gasteiger partial charge in [0, 0.05) is 45.4 Å². The number of piperidine rings is 1. The highest BCUT2D eigenvalue weighted by Gasteiger charge is 2.50. The van der Waals surface area contributed by atoms with Gasteiger partial charge in [0.1, 0.15) is 18.0 Å². The van der Waals surface area contributed by atoms with Crippen LogP contribution >= 0.6 is 0 Å². The van der Waals surface area contributed by atoms with Crippen LogP contribution in [-0.4, -0.2) is 98.0 Å². The van der Waals surface area contributed by atoms with E-state index in [1.165, 1.54) is 5.56 Å². The van der Waals surface area contributed by atoms with Gasteiger partial charge in [-0.15, -0.1) is 0 Å². The van der Waals surface area contributed by atoms with E-state index in [0.717, 1.165) is 43.6 Å². The number of piperazine rings is 1. The van der Waals surface area contributed by atoms with Crippen LogP contribution in [0, 0.1) is 5.92 Å². The highest BCUT2D eigenvalue weighted by molar-refractivity contribution is 5.91. The van der Waals surface area contributed by atoms with Gasteiger partial charge in [-0.2, -0.15) is 0 Å². The minimum atomic E-state index is -0.766. The molecule has 2 aromatic carbocycles. The second-order valence-electron chi connectivity index (χ2n) is 12.2. The van der Waals surface area contributed by atoms with Gasteiger partial charge >= 0.3 is 0 Å². The van der Waals surface area contributed by atoms with Crippen molar-refractivity contribution >= 4 is 17.7 Å². The summed E-state index contributed by atoms with van der Waals surface area (Å²) < 4.78 is 0. The second kappa shape index (κ2) is 13.2. The van der Waals surface area contributed by atoms with E-state index in [2.05, 4.69) is 34.1 Å². The Morgan fingerprint density at radius 1 is 0.886 bits per heavy atom. The standard InChI is InChI=1S/C34H40N6O4/c1-36-24-33(43)39-30(19-25-7-9-29(41)10-8-25)34(44)38(22-28-11-15-35-16-12-28)23-31(39)40(36)32(42)20-26-13-17-37(18-14-26)21-27-5-3-2-4-6-27/h2-12,15-16,26,30-31,41H,13-14,17-24H2,1H3/t30-,31?/m0/s1. The number of rotatable bonds is 8. The van der Waals surface area contributed by atoms with Crippen LogP contribution < -0.4 is 0 Å². The molecule has 1 N–H and O–H groups in total. The van der Waals surface area contributed by atoms with Crippen molar-refractivity contribution in [1.29, 1.82) is 0 Å². The van der Waals surface area contributed by atoms with Gasteiger partial charge in [-0.1, -0.05) is 42.5 Å². The van der Waals surface area contributed by atoms with Crippen LogP contribution in [0.3, 0.4) is 0 Å². The van der Waals surface area contributed by atoms with Gasteiger partial charge in [0.05, 0.1) is 13.1 Å². The molecule has 1 unspecified atom stereocenters. The Morgan fingerprint density at radius 2 is 1.57 bits per heavy atom. The molecule has 1 aromatic heterocycles. The maximum atomic E-state index is 14.1. The van der Waals surface area contributed by atoms with Crippen molar-refractivity contribution in [1.82, 2.24) is 29.7 Å². The van der Waals surface area contributed by atoms with E-state index in [1.807, 2.05) is 18.2 Å². The summed E-state index contributed by atoms with van der Waals surface area (Å²) in [4.78, 5) is 51.5. The molecule has 6 rings (SSSR count). The Kier molecular flexibility index (Phi) is 8.90. The van der Waals surface area contributed by atoms with Crippen LogP contribution in [-0.2, 0) is 33.9 Å². The number of hydrogen-bond donors (Lipinski definition) is 1. The lowest BCUT2D eigenvalue weighted by Gasteiger charge is -2.55. The number of aromatic hydroxyl groups is 1.